The lowest BCUT2D eigenvalue weighted by molar-refractivity contribution is 0.0954. The molecule has 0 saturated heterocycles. The maximum atomic E-state index is 12.8. The maximum absolute atomic E-state index is 12.8. The number of pyridine rings is 1. The van der Waals surface area contributed by atoms with Gasteiger partial charge in [0.1, 0.15) is 5.82 Å². The fraction of sp³-hybridized carbons (Fsp3) is 0.250. The van der Waals surface area contributed by atoms with Crippen molar-refractivity contribution in [2.75, 3.05) is 12.8 Å². The number of carbonyl (C=O) groups is 1. The van der Waals surface area contributed by atoms with Crippen molar-refractivity contribution in [1.29, 1.82) is 0 Å². The third-order valence-corrected chi connectivity index (χ3v) is 3.88. The van der Waals surface area contributed by atoms with E-state index in [4.69, 9.17) is 0 Å². The molecule has 128 valence electrons. The van der Waals surface area contributed by atoms with Crippen molar-refractivity contribution in [3.63, 3.8) is 0 Å². The van der Waals surface area contributed by atoms with Crippen LogP contribution in [0.3, 0.4) is 0 Å². The molecule has 1 heterocycles. The molecule has 0 bridgehead atoms. The second-order valence-electron chi connectivity index (χ2n) is 5.26. The van der Waals surface area contributed by atoms with Crippen LogP contribution < -0.4 is 10.0 Å². The monoisotopic (exact) mass is 351 g/mol. The Kier molecular flexibility index (Phi) is 5.99. The highest BCUT2D eigenvalue weighted by Gasteiger charge is 2.08. The van der Waals surface area contributed by atoms with Crippen LogP contribution in [0.2, 0.25) is 0 Å². The van der Waals surface area contributed by atoms with E-state index < -0.39 is 10.0 Å². The van der Waals surface area contributed by atoms with Gasteiger partial charge in [-0.3, -0.25) is 9.78 Å². The van der Waals surface area contributed by atoms with Crippen molar-refractivity contribution in [3.05, 3.63) is 65.2 Å². The maximum Gasteiger partial charge on any atom is 0.251 e. The van der Waals surface area contributed by atoms with Gasteiger partial charge in [0.15, 0.2) is 0 Å². The van der Waals surface area contributed by atoms with Gasteiger partial charge in [-0.15, -0.1) is 0 Å². The van der Waals surface area contributed by atoms with Crippen LogP contribution in [0.4, 0.5) is 4.39 Å². The first-order chi connectivity index (χ1) is 11.3. The highest BCUT2D eigenvalue weighted by molar-refractivity contribution is 7.88. The molecule has 6 nitrogen and oxygen atoms in total. The minimum atomic E-state index is -3.32. The normalized spacial score (nSPS) is 11.2. The van der Waals surface area contributed by atoms with Crippen LogP contribution in [0, 0.1) is 5.82 Å². The van der Waals surface area contributed by atoms with Gasteiger partial charge < -0.3 is 5.32 Å². The van der Waals surface area contributed by atoms with Gasteiger partial charge in [0.05, 0.1) is 18.5 Å². The van der Waals surface area contributed by atoms with Crippen molar-refractivity contribution >= 4 is 15.9 Å². The number of nitrogens with zero attached hydrogens (tertiary/aromatic N) is 1. The van der Waals surface area contributed by atoms with E-state index in [1.165, 1.54) is 24.4 Å². The minimum absolute atomic E-state index is 0.0233. The molecule has 0 saturated carbocycles. The largest absolute Gasteiger partial charge is 0.352 e. The fourth-order valence-corrected chi connectivity index (χ4v) is 2.40. The SMILES string of the molecule is CS(=O)(=O)NCc1cc(C(=O)NCCc2ccc(F)cc2)ccn1. The Hall–Kier alpha value is -2.32. The average molecular weight is 351 g/mol. The number of amides is 1. The van der Waals surface area contributed by atoms with E-state index in [2.05, 4.69) is 15.0 Å². The Labute approximate surface area is 140 Å². The number of rotatable bonds is 7. The number of aromatic nitrogens is 1. The first-order valence-corrected chi connectivity index (χ1v) is 9.15. The van der Waals surface area contributed by atoms with Crippen molar-refractivity contribution in [2.45, 2.75) is 13.0 Å². The van der Waals surface area contributed by atoms with Gasteiger partial charge in [0.25, 0.3) is 5.91 Å². The van der Waals surface area contributed by atoms with Crippen molar-refractivity contribution < 1.29 is 17.6 Å². The smallest absolute Gasteiger partial charge is 0.251 e. The predicted octanol–water partition coefficient (Wildman–Crippen LogP) is 1.24. The zero-order chi connectivity index (χ0) is 17.6. The van der Waals surface area contributed by atoms with Crippen LogP contribution in [0.1, 0.15) is 21.6 Å². The Bertz CT molecular complexity index is 808. The first-order valence-electron chi connectivity index (χ1n) is 7.26. The summed E-state index contributed by atoms with van der Waals surface area (Å²) in [6, 6.07) is 9.18. The molecule has 0 fully saturated rings. The molecule has 0 aliphatic carbocycles. The Morgan fingerprint density at radius 2 is 1.92 bits per heavy atom. The lowest BCUT2D eigenvalue weighted by atomic mass is 10.1. The first kappa shape index (κ1) is 18.0. The summed E-state index contributed by atoms with van der Waals surface area (Å²) in [5.74, 6) is -0.574. The quantitative estimate of drug-likeness (QED) is 0.786. The molecule has 2 N–H and O–H groups in total. The van der Waals surface area contributed by atoms with Crippen LogP contribution in [-0.4, -0.2) is 32.1 Å². The molecule has 24 heavy (non-hydrogen) atoms. The molecule has 0 radical (unpaired) electrons. The van der Waals surface area contributed by atoms with Crippen molar-refractivity contribution in [3.8, 4) is 0 Å². The second-order valence-corrected chi connectivity index (χ2v) is 7.09. The lowest BCUT2D eigenvalue weighted by Gasteiger charge is -2.07. The third-order valence-electron chi connectivity index (χ3n) is 3.21. The number of hydrogen-bond acceptors (Lipinski definition) is 4. The average Bonchev–Trinajstić information content (AvgIpc) is 2.54. The summed E-state index contributed by atoms with van der Waals surface area (Å²) in [6.45, 7) is 0.430. The number of hydrogen-bond donors (Lipinski definition) is 2. The van der Waals surface area contributed by atoms with Gasteiger partial charge in [0.2, 0.25) is 10.0 Å². The summed E-state index contributed by atoms with van der Waals surface area (Å²) in [5, 5.41) is 2.76. The van der Waals surface area contributed by atoms with Crippen molar-refractivity contribution in [2.24, 2.45) is 0 Å². The van der Waals surface area contributed by atoms with Crippen molar-refractivity contribution in [1.82, 2.24) is 15.0 Å². The van der Waals surface area contributed by atoms with Gasteiger partial charge in [-0.1, -0.05) is 12.1 Å². The zero-order valence-electron chi connectivity index (χ0n) is 13.1. The van der Waals surface area contributed by atoms with E-state index in [1.807, 2.05) is 0 Å². The minimum Gasteiger partial charge on any atom is -0.352 e. The molecular formula is C16H18FN3O3S. The predicted molar refractivity (Wildman–Crippen MR) is 88.4 cm³/mol. The van der Waals surface area contributed by atoms with Crippen LogP contribution in [0.15, 0.2) is 42.6 Å². The number of carbonyl (C=O) groups excluding carboxylic acids is 1. The van der Waals surface area contributed by atoms with E-state index >= 15 is 0 Å². The summed E-state index contributed by atoms with van der Waals surface area (Å²) in [6.07, 6.45) is 3.09. The van der Waals surface area contributed by atoms with E-state index in [1.54, 1.807) is 18.2 Å². The highest BCUT2D eigenvalue weighted by Crippen LogP contribution is 2.04. The molecule has 2 rings (SSSR count). The Balaban J connectivity index is 1.88. The van der Waals surface area contributed by atoms with Gasteiger partial charge in [-0.25, -0.2) is 17.5 Å². The summed E-state index contributed by atoms with van der Waals surface area (Å²) >= 11 is 0. The van der Waals surface area contributed by atoms with E-state index in [0.717, 1.165) is 11.8 Å². The van der Waals surface area contributed by atoms with Gasteiger partial charge in [-0.05, 0) is 36.2 Å². The molecule has 0 spiro atoms. The zero-order valence-corrected chi connectivity index (χ0v) is 13.9. The summed E-state index contributed by atoms with van der Waals surface area (Å²) in [4.78, 5) is 16.1. The van der Waals surface area contributed by atoms with Crippen LogP contribution in [-0.2, 0) is 23.0 Å². The van der Waals surface area contributed by atoms with Gasteiger partial charge in [-0.2, -0.15) is 0 Å². The summed E-state index contributed by atoms with van der Waals surface area (Å²) in [5.41, 5.74) is 1.77. The number of benzene rings is 1. The van der Waals surface area contributed by atoms with Crippen LogP contribution >= 0.6 is 0 Å². The topological polar surface area (TPSA) is 88.2 Å². The van der Waals surface area contributed by atoms with E-state index in [9.17, 15) is 17.6 Å². The molecule has 0 aliphatic heterocycles. The second kappa shape index (κ2) is 7.98. The fourth-order valence-electron chi connectivity index (χ4n) is 1.99. The molecule has 1 aromatic carbocycles. The van der Waals surface area contributed by atoms with E-state index in [0.29, 0.717) is 24.2 Å². The molecule has 2 aromatic rings. The molecule has 0 atom stereocenters. The molecular weight excluding hydrogens is 333 g/mol. The standard InChI is InChI=1S/C16H18FN3O3S/c1-24(22,23)20-11-15-10-13(7-9-18-15)16(21)19-8-6-12-2-4-14(17)5-3-12/h2-5,7,9-10,20H,6,8,11H2,1H3,(H,19,21). The number of sulfonamides is 1. The summed E-state index contributed by atoms with van der Waals surface area (Å²) in [7, 11) is -3.32. The van der Waals surface area contributed by atoms with Gasteiger partial charge in [0, 0.05) is 18.3 Å². The molecule has 1 aromatic heterocycles. The molecule has 1 amide bonds. The number of halogens is 1. The third kappa shape index (κ3) is 6.05. The summed E-state index contributed by atoms with van der Waals surface area (Å²) < 4.78 is 37.3. The number of nitrogens with one attached hydrogen (secondary N) is 2. The Morgan fingerprint density at radius 1 is 1.21 bits per heavy atom. The van der Waals surface area contributed by atoms with E-state index in [-0.39, 0.29) is 18.3 Å². The molecule has 0 unspecified atom stereocenters. The highest BCUT2D eigenvalue weighted by atomic mass is 32.2. The van der Waals surface area contributed by atoms with Gasteiger partial charge >= 0.3 is 0 Å². The lowest BCUT2D eigenvalue weighted by Crippen LogP contribution is -2.26. The Morgan fingerprint density at radius 3 is 2.58 bits per heavy atom. The van der Waals surface area contributed by atoms with Crippen LogP contribution in [0.25, 0.3) is 0 Å². The molecule has 0 aliphatic rings. The molecule has 8 heteroatoms. The van der Waals surface area contributed by atoms with Crippen LogP contribution in [0.5, 0.6) is 0 Å².